The van der Waals surface area contributed by atoms with E-state index in [2.05, 4.69) is 4.74 Å². The van der Waals surface area contributed by atoms with E-state index in [1.165, 1.54) is 11.0 Å². The maximum Gasteiger partial charge on any atom is 0.387 e. The Morgan fingerprint density at radius 2 is 2.04 bits per heavy atom. The van der Waals surface area contributed by atoms with Gasteiger partial charge >= 0.3 is 6.61 Å². The van der Waals surface area contributed by atoms with Gasteiger partial charge in [-0.15, -0.1) is 23.1 Å². The number of ether oxygens (including phenoxy) is 2. The van der Waals surface area contributed by atoms with Gasteiger partial charge in [-0.3, -0.25) is 4.79 Å². The third-order valence-corrected chi connectivity index (χ3v) is 5.24. The van der Waals surface area contributed by atoms with Crippen molar-refractivity contribution in [2.75, 3.05) is 20.4 Å². The number of halogens is 2. The normalized spacial score (nSPS) is 10.8. The van der Waals surface area contributed by atoms with Crippen LogP contribution in [0, 0.1) is 6.92 Å². The molecule has 1 heterocycles. The Hall–Kier alpha value is -1.80. The van der Waals surface area contributed by atoms with E-state index in [0.29, 0.717) is 6.54 Å². The van der Waals surface area contributed by atoms with Crippen LogP contribution in [-0.4, -0.2) is 37.8 Å². The summed E-state index contributed by atoms with van der Waals surface area (Å²) in [4.78, 5) is 16.0. The smallest absolute Gasteiger partial charge is 0.387 e. The van der Waals surface area contributed by atoms with Gasteiger partial charge in [-0.2, -0.15) is 8.78 Å². The number of amides is 1. The second-order valence-corrected chi connectivity index (χ2v) is 7.38. The minimum Gasteiger partial charge on any atom is -0.496 e. The fourth-order valence-corrected chi connectivity index (χ4v) is 3.81. The number of thioether (sulfide) groups is 1. The summed E-state index contributed by atoms with van der Waals surface area (Å²) in [7, 11) is 3.22. The molecule has 0 saturated carbocycles. The molecule has 0 unspecified atom stereocenters. The van der Waals surface area contributed by atoms with Crippen LogP contribution >= 0.6 is 23.1 Å². The summed E-state index contributed by atoms with van der Waals surface area (Å²) in [5, 5.41) is 0. The Kier molecular flexibility index (Phi) is 6.66. The fourth-order valence-electron chi connectivity index (χ4n) is 2.32. The van der Waals surface area contributed by atoms with E-state index in [0.717, 1.165) is 32.4 Å². The van der Waals surface area contributed by atoms with Crippen molar-refractivity contribution in [1.29, 1.82) is 0 Å². The Morgan fingerprint density at radius 3 is 2.64 bits per heavy atom. The maximum atomic E-state index is 12.6. The van der Waals surface area contributed by atoms with Crippen molar-refractivity contribution in [3.63, 3.8) is 0 Å². The highest BCUT2D eigenvalue weighted by Gasteiger charge is 2.22. The first kappa shape index (κ1) is 19.5. The van der Waals surface area contributed by atoms with Crippen molar-refractivity contribution in [2.24, 2.45) is 0 Å². The molecule has 8 heteroatoms. The van der Waals surface area contributed by atoms with Gasteiger partial charge < -0.3 is 14.4 Å². The van der Waals surface area contributed by atoms with Crippen molar-refractivity contribution in [2.45, 2.75) is 25.0 Å². The summed E-state index contributed by atoms with van der Waals surface area (Å²) in [6.07, 6.45) is 1.96. The molecule has 25 heavy (non-hydrogen) atoms. The molecule has 1 aromatic heterocycles. The standard InChI is InChI=1S/C17H19F2NO3S2/c1-10-7-13(23-17(18)19)15(25-10)16(21)20(2)9-11-5-6-14(24-4)12(8-11)22-3/h5-8,17H,9H2,1-4H3. The summed E-state index contributed by atoms with van der Waals surface area (Å²) in [5.41, 5.74) is 0.884. The fraction of sp³-hybridized carbons (Fsp3) is 0.353. The molecule has 1 amide bonds. The Bertz CT molecular complexity index is 749. The van der Waals surface area contributed by atoms with Crippen LogP contribution in [0.1, 0.15) is 20.1 Å². The van der Waals surface area contributed by atoms with Crippen molar-refractivity contribution < 1.29 is 23.0 Å². The summed E-state index contributed by atoms with van der Waals surface area (Å²) >= 11 is 2.71. The minimum absolute atomic E-state index is 0.0790. The largest absolute Gasteiger partial charge is 0.496 e. The number of thiophene rings is 1. The van der Waals surface area contributed by atoms with Gasteiger partial charge in [0.05, 0.1) is 7.11 Å². The molecule has 2 rings (SSSR count). The lowest BCUT2D eigenvalue weighted by molar-refractivity contribution is -0.0499. The molecule has 0 aliphatic rings. The lowest BCUT2D eigenvalue weighted by Crippen LogP contribution is -2.26. The third-order valence-electron chi connectivity index (χ3n) is 3.45. The van der Waals surface area contributed by atoms with Gasteiger partial charge in [0, 0.05) is 23.4 Å². The average molecular weight is 387 g/mol. The van der Waals surface area contributed by atoms with Crippen molar-refractivity contribution >= 4 is 29.0 Å². The van der Waals surface area contributed by atoms with Gasteiger partial charge in [-0.25, -0.2) is 0 Å². The Labute approximate surface area is 153 Å². The lowest BCUT2D eigenvalue weighted by Gasteiger charge is -2.18. The van der Waals surface area contributed by atoms with Crippen molar-refractivity contribution in [1.82, 2.24) is 4.90 Å². The number of nitrogens with zero attached hydrogens (tertiary/aromatic N) is 1. The van der Waals surface area contributed by atoms with Gasteiger partial charge in [-0.05, 0) is 36.9 Å². The molecule has 0 atom stereocenters. The van der Waals surface area contributed by atoms with Crippen LogP contribution in [0.15, 0.2) is 29.2 Å². The third kappa shape index (κ3) is 4.85. The molecule has 0 N–H and O–H groups in total. The molecular formula is C17H19F2NO3S2. The molecule has 4 nitrogen and oxygen atoms in total. The predicted molar refractivity (Wildman–Crippen MR) is 96.3 cm³/mol. The van der Waals surface area contributed by atoms with E-state index < -0.39 is 6.61 Å². The van der Waals surface area contributed by atoms with E-state index in [1.807, 2.05) is 24.5 Å². The Balaban J connectivity index is 2.18. The summed E-state index contributed by atoms with van der Waals surface area (Å²) in [6.45, 7) is -0.894. The number of aryl methyl sites for hydroxylation is 1. The minimum atomic E-state index is -2.96. The van der Waals surface area contributed by atoms with Crippen LogP contribution < -0.4 is 9.47 Å². The quantitative estimate of drug-likeness (QED) is 0.648. The highest BCUT2D eigenvalue weighted by atomic mass is 32.2. The molecule has 0 spiro atoms. The first-order valence-electron chi connectivity index (χ1n) is 7.37. The van der Waals surface area contributed by atoms with Gasteiger partial charge in [0.25, 0.3) is 5.91 Å². The number of carbonyl (C=O) groups excluding carboxylic acids is 1. The topological polar surface area (TPSA) is 38.8 Å². The Morgan fingerprint density at radius 1 is 1.32 bits per heavy atom. The second kappa shape index (κ2) is 8.53. The highest BCUT2D eigenvalue weighted by Crippen LogP contribution is 2.32. The monoisotopic (exact) mass is 387 g/mol. The summed E-state index contributed by atoms with van der Waals surface area (Å²) in [5.74, 6) is 0.297. The lowest BCUT2D eigenvalue weighted by atomic mass is 10.2. The number of benzene rings is 1. The number of hydrogen-bond donors (Lipinski definition) is 0. The summed E-state index contributed by atoms with van der Waals surface area (Å²) < 4.78 is 34.8. The molecule has 0 bridgehead atoms. The molecule has 0 saturated heterocycles. The molecular weight excluding hydrogens is 368 g/mol. The number of hydrogen-bond acceptors (Lipinski definition) is 5. The van der Waals surface area contributed by atoms with E-state index in [4.69, 9.17) is 4.74 Å². The van der Waals surface area contributed by atoms with Crippen molar-refractivity contribution in [3.8, 4) is 11.5 Å². The predicted octanol–water partition coefficient (Wildman–Crippen LogP) is 4.66. The van der Waals surface area contributed by atoms with Gasteiger partial charge in [-0.1, -0.05) is 6.07 Å². The van der Waals surface area contributed by atoms with Gasteiger partial charge in [0.1, 0.15) is 16.4 Å². The van der Waals surface area contributed by atoms with Crippen LogP contribution in [0.25, 0.3) is 0 Å². The number of methoxy groups -OCH3 is 1. The molecule has 0 aliphatic carbocycles. The van der Waals surface area contributed by atoms with Crippen LogP contribution in [0.2, 0.25) is 0 Å². The van der Waals surface area contributed by atoms with Crippen LogP contribution in [0.5, 0.6) is 11.5 Å². The summed E-state index contributed by atoms with van der Waals surface area (Å²) in [6, 6.07) is 7.16. The SMILES string of the molecule is COc1cc(CN(C)C(=O)c2sc(C)cc2OC(F)F)ccc1SC. The maximum absolute atomic E-state index is 12.6. The van der Waals surface area contributed by atoms with E-state index in [1.54, 1.807) is 32.8 Å². The molecule has 2 aromatic rings. The van der Waals surface area contributed by atoms with Crippen LogP contribution in [0.4, 0.5) is 8.78 Å². The van der Waals surface area contributed by atoms with Gasteiger partial charge in [0.15, 0.2) is 0 Å². The zero-order chi connectivity index (χ0) is 18.6. The first-order chi connectivity index (χ1) is 11.8. The van der Waals surface area contributed by atoms with E-state index >= 15 is 0 Å². The number of alkyl halides is 2. The van der Waals surface area contributed by atoms with Gasteiger partial charge in [0.2, 0.25) is 0 Å². The first-order valence-corrected chi connectivity index (χ1v) is 9.41. The average Bonchev–Trinajstić information content (AvgIpc) is 2.93. The number of carbonyl (C=O) groups is 1. The van der Waals surface area contributed by atoms with Crippen molar-refractivity contribution in [3.05, 3.63) is 39.6 Å². The van der Waals surface area contributed by atoms with Crippen LogP contribution in [-0.2, 0) is 6.54 Å². The number of rotatable bonds is 7. The second-order valence-electron chi connectivity index (χ2n) is 5.28. The zero-order valence-electron chi connectivity index (χ0n) is 14.3. The molecule has 0 radical (unpaired) electrons. The van der Waals surface area contributed by atoms with E-state index in [9.17, 15) is 13.6 Å². The highest BCUT2D eigenvalue weighted by molar-refractivity contribution is 7.98. The molecule has 0 aliphatic heterocycles. The molecule has 0 fully saturated rings. The zero-order valence-corrected chi connectivity index (χ0v) is 16.0. The molecule has 136 valence electrons. The van der Waals surface area contributed by atoms with E-state index in [-0.39, 0.29) is 16.5 Å². The molecule has 1 aromatic carbocycles. The van der Waals surface area contributed by atoms with Crippen LogP contribution in [0.3, 0.4) is 0 Å².